The Kier molecular flexibility index (Phi) is 3.25. The molecule has 0 radical (unpaired) electrons. The zero-order chi connectivity index (χ0) is 9.84. The molecule has 1 atom stereocenters. The van der Waals surface area contributed by atoms with Crippen LogP contribution < -0.4 is 10.5 Å². The van der Waals surface area contributed by atoms with Gasteiger partial charge in [0.1, 0.15) is 0 Å². The molecule has 0 saturated heterocycles. The van der Waals surface area contributed by atoms with Crippen LogP contribution in [0.4, 0.5) is 0 Å². The third kappa shape index (κ3) is 3.03. The van der Waals surface area contributed by atoms with Gasteiger partial charge in [-0.15, -0.1) is 0 Å². The lowest BCUT2D eigenvalue weighted by atomic mass is 10.1. The van der Waals surface area contributed by atoms with Crippen LogP contribution in [-0.2, 0) is 6.42 Å². The molecule has 0 aliphatic rings. The number of hydrogen-bond acceptors (Lipinski definition) is 3. The molecular formula is C10H16N2O. The number of pyridine rings is 1. The Balaban J connectivity index is 2.88. The fourth-order valence-electron chi connectivity index (χ4n) is 1.30. The predicted octanol–water partition coefficient (Wildman–Crippen LogP) is 1.29. The molecule has 1 aromatic rings. The van der Waals surface area contributed by atoms with E-state index >= 15 is 0 Å². The highest BCUT2D eigenvalue weighted by atomic mass is 16.5. The molecule has 0 amide bonds. The lowest BCUT2D eigenvalue weighted by Gasteiger charge is -2.07. The van der Waals surface area contributed by atoms with Crippen LogP contribution in [0.2, 0.25) is 0 Å². The zero-order valence-corrected chi connectivity index (χ0v) is 8.37. The lowest BCUT2D eigenvalue weighted by Crippen LogP contribution is -2.17. The molecule has 0 fully saturated rings. The van der Waals surface area contributed by atoms with E-state index in [1.165, 1.54) is 5.56 Å². The first-order valence-electron chi connectivity index (χ1n) is 4.39. The van der Waals surface area contributed by atoms with Crippen molar-refractivity contribution in [1.82, 2.24) is 4.98 Å². The summed E-state index contributed by atoms with van der Waals surface area (Å²) in [6, 6.07) is 4.13. The normalized spacial score (nSPS) is 12.6. The largest absolute Gasteiger partial charge is 0.481 e. The first-order valence-corrected chi connectivity index (χ1v) is 4.39. The average molecular weight is 180 g/mol. The number of aromatic nitrogens is 1. The van der Waals surface area contributed by atoms with Crippen LogP contribution in [-0.4, -0.2) is 18.1 Å². The number of nitrogens with zero attached hydrogens (tertiary/aromatic N) is 1. The number of rotatable bonds is 3. The molecular weight excluding hydrogens is 164 g/mol. The van der Waals surface area contributed by atoms with Gasteiger partial charge in [-0.3, -0.25) is 0 Å². The number of aryl methyl sites for hydroxylation is 1. The Morgan fingerprint density at radius 1 is 1.54 bits per heavy atom. The topological polar surface area (TPSA) is 48.1 Å². The van der Waals surface area contributed by atoms with E-state index in [-0.39, 0.29) is 6.04 Å². The molecule has 0 unspecified atom stereocenters. The lowest BCUT2D eigenvalue weighted by molar-refractivity contribution is 0.396. The van der Waals surface area contributed by atoms with Crippen molar-refractivity contribution < 1.29 is 4.74 Å². The highest BCUT2D eigenvalue weighted by Crippen LogP contribution is 2.12. The highest BCUT2D eigenvalue weighted by molar-refractivity contribution is 5.25. The molecule has 2 N–H and O–H groups in total. The van der Waals surface area contributed by atoms with E-state index in [1.807, 2.05) is 26.0 Å². The molecule has 3 nitrogen and oxygen atoms in total. The molecule has 72 valence electrons. The molecule has 3 heteroatoms. The molecule has 0 bridgehead atoms. The Morgan fingerprint density at radius 2 is 2.23 bits per heavy atom. The van der Waals surface area contributed by atoms with Crippen molar-refractivity contribution in [2.24, 2.45) is 5.73 Å². The van der Waals surface area contributed by atoms with Gasteiger partial charge >= 0.3 is 0 Å². The van der Waals surface area contributed by atoms with Gasteiger partial charge in [0.05, 0.1) is 7.11 Å². The molecule has 0 aromatic carbocycles. The van der Waals surface area contributed by atoms with Gasteiger partial charge in [0, 0.05) is 17.8 Å². The smallest absolute Gasteiger partial charge is 0.213 e. The number of ether oxygens (including phenoxy) is 1. The van der Waals surface area contributed by atoms with E-state index in [9.17, 15) is 0 Å². The van der Waals surface area contributed by atoms with Gasteiger partial charge in [-0.05, 0) is 31.9 Å². The third-order valence-electron chi connectivity index (χ3n) is 1.76. The Morgan fingerprint density at radius 3 is 2.77 bits per heavy atom. The third-order valence-corrected chi connectivity index (χ3v) is 1.76. The summed E-state index contributed by atoms with van der Waals surface area (Å²) in [6.45, 7) is 3.94. The maximum Gasteiger partial charge on any atom is 0.213 e. The monoisotopic (exact) mass is 180 g/mol. The van der Waals surface area contributed by atoms with Crippen molar-refractivity contribution in [2.45, 2.75) is 26.3 Å². The molecule has 0 spiro atoms. The SMILES string of the molecule is COc1cc(C[C@H](C)N)cc(C)n1. The molecule has 0 saturated carbocycles. The van der Waals surface area contributed by atoms with Crippen molar-refractivity contribution in [3.63, 3.8) is 0 Å². The second kappa shape index (κ2) is 4.23. The van der Waals surface area contributed by atoms with Crippen LogP contribution >= 0.6 is 0 Å². The van der Waals surface area contributed by atoms with Gasteiger partial charge in [-0.2, -0.15) is 0 Å². The van der Waals surface area contributed by atoms with Crippen LogP contribution in [0.25, 0.3) is 0 Å². The summed E-state index contributed by atoms with van der Waals surface area (Å²) in [5.41, 5.74) is 7.85. The molecule has 0 aliphatic carbocycles. The number of nitrogens with two attached hydrogens (primary N) is 1. The van der Waals surface area contributed by atoms with Crippen molar-refractivity contribution in [1.29, 1.82) is 0 Å². The first kappa shape index (κ1) is 9.99. The van der Waals surface area contributed by atoms with E-state index in [4.69, 9.17) is 10.5 Å². The summed E-state index contributed by atoms with van der Waals surface area (Å²) < 4.78 is 5.07. The summed E-state index contributed by atoms with van der Waals surface area (Å²) in [6.07, 6.45) is 0.861. The van der Waals surface area contributed by atoms with E-state index in [2.05, 4.69) is 4.98 Å². The molecule has 1 heterocycles. The Hall–Kier alpha value is -1.09. The highest BCUT2D eigenvalue weighted by Gasteiger charge is 2.02. The van der Waals surface area contributed by atoms with Crippen molar-refractivity contribution >= 4 is 0 Å². The van der Waals surface area contributed by atoms with Gasteiger partial charge in [0.15, 0.2) is 0 Å². The summed E-state index contributed by atoms with van der Waals surface area (Å²) in [4.78, 5) is 4.20. The van der Waals surface area contributed by atoms with Crippen LogP contribution in [0, 0.1) is 6.92 Å². The van der Waals surface area contributed by atoms with Gasteiger partial charge in [0.2, 0.25) is 5.88 Å². The fourth-order valence-corrected chi connectivity index (χ4v) is 1.30. The zero-order valence-electron chi connectivity index (χ0n) is 8.37. The molecule has 0 aliphatic heterocycles. The summed E-state index contributed by atoms with van der Waals surface area (Å²) in [5, 5.41) is 0. The van der Waals surface area contributed by atoms with Gasteiger partial charge in [-0.25, -0.2) is 4.98 Å². The second-order valence-electron chi connectivity index (χ2n) is 3.34. The van der Waals surface area contributed by atoms with Crippen LogP contribution in [0.3, 0.4) is 0 Å². The van der Waals surface area contributed by atoms with E-state index in [1.54, 1.807) is 7.11 Å². The molecule has 1 rings (SSSR count). The van der Waals surface area contributed by atoms with Crippen molar-refractivity contribution in [3.05, 3.63) is 23.4 Å². The standard InChI is InChI=1S/C10H16N2O/c1-7(11)4-9-5-8(2)12-10(6-9)13-3/h5-7H,4,11H2,1-3H3/t7-/m0/s1. The fraction of sp³-hybridized carbons (Fsp3) is 0.500. The van der Waals surface area contributed by atoms with Crippen LogP contribution in [0.5, 0.6) is 5.88 Å². The van der Waals surface area contributed by atoms with E-state index in [0.29, 0.717) is 5.88 Å². The minimum atomic E-state index is 0.173. The van der Waals surface area contributed by atoms with Gasteiger partial charge in [-0.1, -0.05) is 0 Å². The maximum atomic E-state index is 5.70. The molecule has 13 heavy (non-hydrogen) atoms. The van der Waals surface area contributed by atoms with Crippen LogP contribution in [0.1, 0.15) is 18.2 Å². The minimum Gasteiger partial charge on any atom is -0.481 e. The van der Waals surface area contributed by atoms with Gasteiger partial charge in [0.25, 0.3) is 0 Å². The quantitative estimate of drug-likeness (QED) is 0.762. The number of methoxy groups -OCH3 is 1. The van der Waals surface area contributed by atoms with Crippen molar-refractivity contribution in [3.8, 4) is 5.88 Å². The minimum absolute atomic E-state index is 0.173. The number of hydrogen-bond donors (Lipinski definition) is 1. The second-order valence-corrected chi connectivity index (χ2v) is 3.34. The maximum absolute atomic E-state index is 5.70. The van der Waals surface area contributed by atoms with Crippen molar-refractivity contribution in [2.75, 3.05) is 7.11 Å². The van der Waals surface area contributed by atoms with E-state index in [0.717, 1.165) is 12.1 Å². The molecule has 1 aromatic heterocycles. The Labute approximate surface area is 78.9 Å². The van der Waals surface area contributed by atoms with Crippen LogP contribution in [0.15, 0.2) is 12.1 Å². The summed E-state index contributed by atoms with van der Waals surface area (Å²) >= 11 is 0. The van der Waals surface area contributed by atoms with E-state index < -0.39 is 0 Å². The summed E-state index contributed by atoms with van der Waals surface area (Å²) in [7, 11) is 1.62. The predicted molar refractivity (Wildman–Crippen MR) is 52.9 cm³/mol. The summed E-state index contributed by atoms with van der Waals surface area (Å²) in [5.74, 6) is 0.663. The first-order chi connectivity index (χ1) is 6.11. The van der Waals surface area contributed by atoms with Gasteiger partial charge < -0.3 is 10.5 Å². The Bertz CT molecular complexity index is 284. The average Bonchev–Trinajstić information content (AvgIpc) is 2.01.